The normalized spacial score (nSPS) is 29.8. The zero-order valence-electron chi connectivity index (χ0n) is 11.2. The Labute approximate surface area is 112 Å². The number of amides is 1. The predicted octanol–water partition coefficient (Wildman–Crippen LogP) is 0.885. The first-order valence-electron chi connectivity index (χ1n) is 7.11. The number of aryl methyl sites for hydroxylation is 1. The summed E-state index contributed by atoms with van der Waals surface area (Å²) >= 11 is 0. The Bertz CT molecular complexity index is 459. The first-order chi connectivity index (χ1) is 9.19. The molecule has 6 nitrogen and oxygen atoms in total. The van der Waals surface area contributed by atoms with E-state index in [0.717, 1.165) is 31.5 Å². The van der Waals surface area contributed by atoms with Gasteiger partial charge in [-0.05, 0) is 32.1 Å². The molecular weight excluding hydrogens is 244 g/mol. The van der Waals surface area contributed by atoms with Crippen LogP contribution in [0.3, 0.4) is 0 Å². The van der Waals surface area contributed by atoms with Gasteiger partial charge in [-0.3, -0.25) is 9.89 Å². The number of aliphatic hydroxyl groups is 1. The summed E-state index contributed by atoms with van der Waals surface area (Å²) in [5.41, 5.74) is 0. The number of nitrogens with zero attached hydrogens (tertiary/aromatic N) is 3. The molecule has 6 heteroatoms. The maximum atomic E-state index is 12.5. The molecule has 0 aromatic carbocycles. The molecule has 2 fully saturated rings. The Morgan fingerprint density at radius 2 is 2.11 bits per heavy atom. The Hall–Kier alpha value is -1.43. The monoisotopic (exact) mass is 264 g/mol. The van der Waals surface area contributed by atoms with Crippen LogP contribution in [0.4, 0.5) is 0 Å². The van der Waals surface area contributed by atoms with Crippen molar-refractivity contribution in [2.75, 3.05) is 0 Å². The average Bonchev–Trinajstić information content (AvgIpc) is 2.93. The number of aromatic nitrogens is 3. The Balaban J connectivity index is 1.76. The van der Waals surface area contributed by atoms with E-state index in [2.05, 4.69) is 22.1 Å². The number of rotatable bonds is 3. The molecule has 1 aromatic rings. The van der Waals surface area contributed by atoms with Crippen molar-refractivity contribution in [1.82, 2.24) is 20.1 Å². The maximum Gasteiger partial charge on any atom is 0.294 e. The van der Waals surface area contributed by atoms with E-state index in [1.165, 1.54) is 0 Å². The molecule has 0 radical (unpaired) electrons. The molecule has 1 amide bonds. The lowest BCUT2D eigenvalue weighted by Crippen LogP contribution is -2.48. The summed E-state index contributed by atoms with van der Waals surface area (Å²) in [7, 11) is 0. The van der Waals surface area contributed by atoms with Gasteiger partial charge in [0.15, 0.2) is 0 Å². The quantitative estimate of drug-likeness (QED) is 0.849. The fraction of sp³-hybridized carbons (Fsp3) is 0.769. The second kappa shape index (κ2) is 4.92. The van der Waals surface area contributed by atoms with Crippen molar-refractivity contribution in [1.29, 1.82) is 0 Å². The van der Waals surface area contributed by atoms with Crippen LogP contribution >= 0.6 is 0 Å². The van der Waals surface area contributed by atoms with Gasteiger partial charge < -0.3 is 10.0 Å². The van der Waals surface area contributed by atoms with E-state index in [1.54, 1.807) is 0 Å². The van der Waals surface area contributed by atoms with Crippen LogP contribution in [-0.4, -0.2) is 49.3 Å². The third-order valence-corrected chi connectivity index (χ3v) is 4.15. The summed E-state index contributed by atoms with van der Waals surface area (Å²) in [6.07, 6.45) is 4.88. The molecule has 2 bridgehead atoms. The van der Waals surface area contributed by atoms with Crippen molar-refractivity contribution >= 4 is 5.91 Å². The Morgan fingerprint density at radius 1 is 1.42 bits per heavy atom. The minimum Gasteiger partial charge on any atom is -0.393 e. The van der Waals surface area contributed by atoms with E-state index in [1.807, 2.05) is 4.90 Å². The second-order valence-electron chi connectivity index (χ2n) is 5.58. The molecule has 2 aliphatic rings. The van der Waals surface area contributed by atoms with Crippen LogP contribution in [0, 0.1) is 0 Å². The lowest BCUT2D eigenvalue weighted by atomic mass is 10.00. The van der Waals surface area contributed by atoms with Gasteiger partial charge in [0.05, 0.1) is 6.10 Å². The third kappa shape index (κ3) is 2.25. The number of carbonyl (C=O) groups excluding carboxylic acids is 1. The summed E-state index contributed by atoms with van der Waals surface area (Å²) < 4.78 is 0. The van der Waals surface area contributed by atoms with Crippen LogP contribution in [0.2, 0.25) is 0 Å². The number of piperidine rings is 1. The molecule has 1 aromatic heterocycles. The molecule has 2 unspecified atom stereocenters. The summed E-state index contributed by atoms with van der Waals surface area (Å²) in [5.74, 6) is 0.963. The van der Waals surface area contributed by atoms with Crippen molar-refractivity contribution in [3.63, 3.8) is 0 Å². The molecule has 0 aliphatic carbocycles. The van der Waals surface area contributed by atoms with Gasteiger partial charge >= 0.3 is 0 Å². The standard InChI is InChI=1S/C13H20N4O2/c1-2-3-11-14-12(16-15-11)13(19)17-8-4-5-9(17)7-10(18)6-8/h8-10,18H,2-7H2,1H3,(H,14,15,16). The minimum absolute atomic E-state index is 0.0852. The smallest absolute Gasteiger partial charge is 0.294 e. The molecule has 19 heavy (non-hydrogen) atoms. The predicted molar refractivity (Wildman–Crippen MR) is 68.6 cm³/mol. The molecule has 3 rings (SSSR count). The number of aliphatic hydroxyl groups excluding tert-OH is 1. The van der Waals surface area contributed by atoms with Crippen molar-refractivity contribution in [2.45, 2.75) is 63.6 Å². The maximum absolute atomic E-state index is 12.5. The molecule has 2 aliphatic heterocycles. The van der Waals surface area contributed by atoms with Crippen LogP contribution < -0.4 is 0 Å². The van der Waals surface area contributed by atoms with E-state index in [4.69, 9.17) is 0 Å². The van der Waals surface area contributed by atoms with Gasteiger partial charge in [-0.15, -0.1) is 5.10 Å². The third-order valence-electron chi connectivity index (χ3n) is 4.15. The van der Waals surface area contributed by atoms with Crippen LogP contribution in [0.25, 0.3) is 0 Å². The number of carbonyl (C=O) groups is 1. The summed E-state index contributed by atoms with van der Waals surface area (Å²) in [6.45, 7) is 2.07. The Kier molecular flexibility index (Phi) is 3.26. The zero-order chi connectivity index (χ0) is 13.4. The van der Waals surface area contributed by atoms with Crippen LogP contribution in [0.15, 0.2) is 0 Å². The van der Waals surface area contributed by atoms with Crippen molar-refractivity contribution in [3.8, 4) is 0 Å². The van der Waals surface area contributed by atoms with Crippen molar-refractivity contribution < 1.29 is 9.90 Å². The molecule has 3 heterocycles. The fourth-order valence-electron chi connectivity index (χ4n) is 3.33. The molecule has 2 atom stereocenters. The summed E-state index contributed by atoms with van der Waals surface area (Å²) in [4.78, 5) is 18.6. The van der Waals surface area contributed by atoms with Gasteiger partial charge in [-0.1, -0.05) is 6.92 Å². The highest BCUT2D eigenvalue weighted by atomic mass is 16.3. The molecule has 0 spiro atoms. The topological polar surface area (TPSA) is 82.1 Å². The highest BCUT2D eigenvalue weighted by Gasteiger charge is 2.43. The number of hydrogen-bond acceptors (Lipinski definition) is 4. The van der Waals surface area contributed by atoms with E-state index in [0.29, 0.717) is 12.8 Å². The van der Waals surface area contributed by atoms with E-state index in [9.17, 15) is 9.90 Å². The molecule has 2 N–H and O–H groups in total. The lowest BCUT2D eigenvalue weighted by Gasteiger charge is -2.36. The van der Waals surface area contributed by atoms with Gasteiger partial charge in [-0.2, -0.15) is 0 Å². The van der Waals surface area contributed by atoms with Crippen LogP contribution in [0.5, 0.6) is 0 Å². The van der Waals surface area contributed by atoms with Crippen LogP contribution in [0.1, 0.15) is 55.5 Å². The molecule has 104 valence electrons. The number of H-pyrrole nitrogens is 1. The van der Waals surface area contributed by atoms with Crippen molar-refractivity contribution in [3.05, 3.63) is 11.6 Å². The van der Waals surface area contributed by atoms with Crippen molar-refractivity contribution in [2.24, 2.45) is 0 Å². The number of nitrogens with one attached hydrogen (secondary N) is 1. The minimum atomic E-state index is -0.260. The highest BCUT2D eigenvalue weighted by Crippen LogP contribution is 2.36. The number of hydrogen-bond donors (Lipinski definition) is 2. The first-order valence-corrected chi connectivity index (χ1v) is 7.11. The molecule has 2 saturated heterocycles. The largest absolute Gasteiger partial charge is 0.393 e. The van der Waals surface area contributed by atoms with Gasteiger partial charge in [0, 0.05) is 18.5 Å². The van der Waals surface area contributed by atoms with Crippen LogP contribution in [-0.2, 0) is 6.42 Å². The summed E-state index contributed by atoms with van der Waals surface area (Å²) in [5, 5.41) is 16.6. The highest BCUT2D eigenvalue weighted by molar-refractivity contribution is 5.91. The van der Waals surface area contributed by atoms with Gasteiger partial charge in [0.25, 0.3) is 5.91 Å². The lowest BCUT2D eigenvalue weighted by molar-refractivity contribution is 0.0278. The number of fused-ring (bicyclic) bond motifs is 2. The van der Waals surface area contributed by atoms with Gasteiger partial charge in [0.2, 0.25) is 5.82 Å². The SMILES string of the molecule is CCCc1nc(C(=O)N2C3CCC2CC(O)C3)n[nH]1. The first kappa shape index (κ1) is 12.6. The number of aromatic amines is 1. The average molecular weight is 264 g/mol. The molecule has 0 saturated carbocycles. The second-order valence-corrected chi connectivity index (χ2v) is 5.58. The zero-order valence-corrected chi connectivity index (χ0v) is 11.2. The van der Waals surface area contributed by atoms with E-state index >= 15 is 0 Å². The fourth-order valence-corrected chi connectivity index (χ4v) is 3.33. The Morgan fingerprint density at radius 3 is 2.74 bits per heavy atom. The van der Waals surface area contributed by atoms with Gasteiger partial charge in [-0.25, -0.2) is 4.98 Å². The van der Waals surface area contributed by atoms with E-state index in [-0.39, 0.29) is 29.9 Å². The molecular formula is C13H20N4O2. The van der Waals surface area contributed by atoms with E-state index < -0.39 is 0 Å². The van der Waals surface area contributed by atoms with Gasteiger partial charge in [0.1, 0.15) is 5.82 Å². The summed E-state index contributed by atoms with van der Waals surface area (Å²) in [6, 6.07) is 0.323.